The minimum absolute atomic E-state index is 0.0837. The Labute approximate surface area is 559 Å². The molecule has 28 saturated carbocycles. The molecule has 0 amide bonds. The maximum absolute atomic E-state index is 19.8. The smallest absolute Gasteiger partial charge is 0.135 e. The number of hydrogen-bond acceptors (Lipinski definition) is 0. The van der Waals surface area contributed by atoms with Gasteiger partial charge in [-0.3, -0.25) is 0 Å². The molecule has 28 fully saturated rings. The first-order valence-corrected chi connectivity index (χ1v) is 42.5. The van der Waals surface area contributed by atoms with Gasteiger partial charge in [0.05, 0.1) is 0 Å². The molecule has 66 atom stereocenters. The lowest BCUT2D eigenvalue weighted by molar-refractivity contribution is -0.411. The second-order valence-corrected chi connectivity index (χ2v) is 43.4. The van der Waals surface area contributed by atoms with E-state index >= 15 is 52.7 Å². The molecule has 28 aliphatic rings. The van der Waals surface area contributed by atoms with Crippen molar-refractivity contribution in [1.82, 2.24) is 0 Å². The van der Waals surface area contributed by atoms with Gasteiger partial charge in [-0.15, -0.1) is 0 Å². The van der Waals surface area contributed by atoms with Crippen molar-refractivity contribution in [2.75, 3.05) is 0 Å². The van der Waals surface area contributed by atoms with Crippen molar-refractivity contribution >= 4 is 0 Å². The van der Waals surface area contributed by atoms with Crippen LogP contribution in [-0.2, 0) is 0 Å². The van der Waals surface area contributed by atoms with Crippen LogP contribution in [0.15, 0.2) is 0 Å². The van der Waals surface area contributed by atoms with Crippen molar-refractivity contribution in [2.45, 2.75) is 190 Å². The van der Waals surface area contributed by atoms with Crippen LogP contribution in [0.4, 0.5) is 52.7 Å². The molecule has 0 aromatic rings. The highest BCUT2D eigenvalue weighted by molar-refractivity contribution is 5.37. The van der Waals surface area contributed by atoms with Gasteiger partial charge in [0, 0.05) is 47.3 Å². The van der Waals surface area contributed by atoms with Gasteiger partial charge in [0.25, 0.3) is 0 Å². The first-order chi connectivity index (χ1) is 46.8. The van der Waals surface area contributed by atoms with E-state index in [1.54, 1.807) is 0 Å². The van der Waals surface area contributed by atoms with E-state index in [-0.39, 0.29) is 54.8 Å². The first-order valence-electron chi connectivity index (χ1n) is 42.5. The summed E-state index contributed by atoms with van der Waals surface area (Å²) < 4.78 is 225. The van der Waals surface area contributed by atoms with Crippen LogP contribution in [0, 0.1) is 320 Å². The van der Waals surface area contributed by atoms with Gasteiger partial charge in [0.15, 0.2) is 0 Å². The van der Waals surface area contributed by atoms with Crippen molar-refractivity contribution in [3.8, 4) is 0 Å². The topological polar surface area (TPSA) is 0 Å². The van der Waals surface area contributed by atoms with Gasteiger partial charge >= 0.3 is 0 Å². The van der Waals surface area contributed by atoms with E-state index in [0.29, 0.717) is 59.2 Å². The van der Waals surface area contributed by atoms with E-state index in [4.69, 9.17) is 0 Å². The van der Waals surface area contributed by atoms with Crippen LogP contribution in [0.3, 0.4) is 0 Å². The molecule has 28 rings (SSSR count). The zero-order valence-corrected chi connectivity index (χ0v) is 55.4. The number of hydrogen-bond donors (Lipinski definition) is 0. The highest BCUT2D eigenvalue weighted by atomic mass is 19.2. The molecule has 522 valence electrons. The summed E-state index contributed by atoms with van der Waals surface area (Å²) in [6, 6.07) is 0. The molecule has 64 unspecified atom stereocenters. The second kappa shape index (κ2) is 17.7. The SMILES string of the molecule is FC1CC2CC3CC(F)C(F)C4C3C3C2C(C1F)C1C(F)C(F)C2C5C(F)C(F)C6C7CCC8C9CCC%10C%11CCCC%12CC%13CCCC%14C%13C(C%12%11)C%11C%10C9C9C%10C8C7C7C8C(CCC(C%12CC[C@H]%14C%11C%129)C8%10)C8C(F)C(F)C9C%10C(F)C(F)C4C4C%10C(C2C1C34)C1C5C6C7[C@@H]8C91. The third kappa shape index (κ3) is 5.50. The third-order valence-electron chi connectivity index (χ3n) is 44.6. The average molecular weight is 1340 g/mol. The summed E-state index contributed by atoms with van der Waals surface area (Å²) in [5.74, 6) is -7.36. The van der Waals surface area contributed by atoms with Crippen molar-refractivity contribution in [3.05, 3.63) is 0 Å². The van der Waals surface area contributed by atoms with Gasteiger partial charge in [-0.2, -0.15) is 0 Å². The molecule has 0 spiro atoms. The van der Waals surface area contributed by atoms with Crippen LogP contribution >= 0.6 is 0 Å². The molecule has 0 aliphatic heterocycles. The lowest BCUT2D eigenvalue weighted by Crippen LogP contribution is -2.86. The highest BCUT2D eigenvalue weighted by Gasteiger charge is 2.90. The Bertz CT molecular complexity index is 3200. The van der Waals surface area contributed by atoms with Crippen molar-refractivity contribution in [1.29, 1.82) is 0 Å². The minimum Gasteiger partial charge on any atom is -0.244 e. The number of halogens is 12. The highest BCUT2D eigenvalue weighted by Crippen LogP contribution is 2.91. The van der Waals surface area contributed by atoms with Crippen LogP contribution in [-0.4, -0.2) is 74.1 Å². The zero-order valence-electron chi connectivity index (χ0n) is 55.4. The Morgan fingerprint density at radius 2 is 0.323 bits per heavy atom. The zero-order chi connectivity index (χ0) is 62.8. The largest absolute Gasteiger partial charge is 0.244 e. The molecule has 28 aliphatic carbocycles. The van der Waals surface area contributed by atoms with Crippen molar-refractivity contribution < 1.29 is 52.7 Å². The van der Waals surface area contributed by atoms with Gasteiger partial charge in [-0.05, 0) is 362 Å². The van der Waals surface area contributed by atoms with Gasteiger partial charge < -0.3 is 0 Å². The molecule has 0 N–H and O–H groups in total. The summed E-state index contributed by atoms with van der Waals surface area (Å²) in [5, 5.41) is 0. The van der Waals surface area contributed by atoms with Gasteiger partial charge in [-0.1, -0.05) is 25.7 Å². The van der Waals surface area contributed by atoms with E-state index < -0.39 is 228 Å². The van der Waals surface area contributed by atoms with Gasteiger partial charge in [0.1, 0.15) is 74.1 Å². The predicted octanol–water partition coefficient (Wildman–Crippen LogP) is 17.7. The standard InChI is InChI=1S/C84H102F12/c85-33-17-21-16-22-18-34(86)76(88)68-38(22)50-37(21)67(75(33)87)69-63-57(50)64-66-60-59-61-55-47(77(89)79(91)71(61)73(65(60)63)83(95)81(69)93)31-13-11-29-27-9-7-25-23-5-1-3-19-15-20-4-2-6-24-26-8-10-28-30-12-14-32-46-44(30)53(52-41(27)39(25)51(40(26)42(28)52)49(35(19)23)36(20)24)43(29)45(31)54(46)58(55)56-48(32)78(90)80(92)72(62(56)59)74(66)84(96)82(94)70(64)68/h19-84H,1-18H2/t19?,20?,21?,22?,23?,24?,25-,26?,27?,28?,29?,30?,31?,32?,33?,34?,35?,36?,37?,38?,39?,40?,41?,42?,43?,44?,45?,46?,47?,48?,49?,50?,51?,52?,53?,54?,55-,56?,57?,58?,59?,60?,61?,62?,63?,64?,65?,66?,67?,68?,69?,70?,71?,72?,73?,74?,75?,76?,77?,78?,79?,80?,81?,82?,83?,84?/m1/s1. The summed E-state index contributed by atoms with van der Waals surface area (Å²) in [4.78, 5) is 0. The summed E-state index contributed by atoms with van der Waals surface area (Å²) in [5.41, 5.74) is 0. The Kier molecular flexibility index (Phi) is 10.4. The quantitative estimate of drug-likeness (QED) is 0.212. The van der Waals surface area contributed by atoms with Crippen molar-refractivity contribution in [3.63, 3.8) is 0 Å². The number of fused-ring (bicyclic) bond motifs is 10. The van der Waals surface area contributed by atoms with Crippen LogP contribution in [0.2, 0.25) is 0 Å². The summed E-state index contributed by atoms with van der Waals surface area (Å²) in [7, 11) is 0. The van der Waals surface area contributed by atoms with E-state index in [1.807, 2.05) is 0 Å². The summed E-state index contributed by atoms with van der Waals surface area (Å²) >= 11 is 0. The maximum atomic E-state index is 19.8. The molecule has 96 heavy (non-hydrogen) atoms. The van der Waals surface area contributed by atoms with Crippen LogP contribution in [0.1, 0.15) is 116 Å². The summed E-state index contributed by atoms with van der Waals surface area (Å²) in [6.45, 7) is 0. The Hall–Kier alpha value is -0.840. The van der Waals surface area contributed by atoms with Crippen LogP contribution in [0.5, 0.6) is 0 Å². The molecular weight excluding hydrogens is 1240 g/mol. The monoisotopic (exact) mass is 1340 g/mol. The van der Waals surface area contributed by atoms with E-state index in [0.717, 1.165) is 96.7 Å². The fourth-order valence-electron chi connectivity index (χ4n) is 46.2. The van der Waals surface area contributed by atoms with Crippen molar-refractivity contribution in [2.24, 2.45) is 320 Å². The normalized spacial score (nSPS) is 79.1. The van der Waals surface area contributed by atoms with E-state index in [9.17, 15) is 0 Å². The first kappa shape index (κ1) is 56.5. The Morgan fingerprint density at radius 1 is 0.125 bits per heavy atom. The van der Waals surface area contributed by atoms with E-state index in [1.165, 1.54) is 70.6 Å². The lowest BCUT2D eigenvalue weighted by Gasteiger charge is -2.86. The number of rotatable bonds is 0. The number of alkyl halides is 12. The predicted molar refractivity (Wildman–Crippen MR) is 330 cm³/mol. The molecule has 0 bridgehead atoms. The fraction of sp³-hybridized carbons (Fsp3) is 1.00. The van der Waals surface area contributed by atoms with Gasteiger partial charge in [-0.25, -0.2) is 52.7 Å². The third-order valence-corrected chi connectivity index (χ3v) is 44.6. The lowest BCUT2D eigenvalue weighted by atomic mass is 9.18. The molecule has 0 aromatic heterocycles. The minimum atomic E-state index is -2.33. The molecule has 12 heteroatoms. The molecule has 0 nitrogen and oxygen atoms in total. The molecule has 0 radical (unpaired) electrons. The fourth-order valence-corrected chi connectivity index (χ4v) is 46.2. The molecule has 0 saturated heterocycles. The van der Waals surface area contributed by atoms with Crippen LogP contribution in [0.25, 0.3) is 0 Å². The molecular formula is C84H102F12. The van der Waals surface area contributed by atoms with E-state index in [2.05, 4.69) is 0 Å². The Morgan fingerprint density at radius 3 is 0.635 bits per heavy atom. The summed E-state index contributed by atoms with van der Waals surface area (Å²) in [6.07, 6.45) is -6.67. The molecule has 0 aromatic carbocycles. The average Bonchev–Trinajstić information content (AvgIpc) is 0.631. The van der Waals surface area contributed by atoms with Crippen LogP contribution < -0.4 is 0 Å². The second-order valence-electron chi connectivity index (χ2n) is 43.4. The maximum Gasteiger partial charge on any atom is 0.135 e. The van der Waals surface area contributed by atoms with Gasteiger partial charge in [0.2, 0.25) is 0 Å². The molecule has 0 heterocycles. The Balaban J connectivity index is 0.653.